The number of ketones is 1. The van der Waals surface area contributed by atoms with Gasteiger partial charge in [-0.2, -0.15) is 0 Å². The SMILES string of the molecule is Cc1ccc(OCC(=O)Nc2ccc(I)cc2)c2c1C(C)CC2=O. The first-order valence-electron chi connectivity index (χ1n) is 7.80. The minimum atomic E-state index is -0.246. The van der Waals surface area contributed by atoms with Gasteiger partial charge in [-0.05, 0) is 76.9 Å². The van der Waals surface area contributed by atoms with Crippen LogP contribution in [-0.2, 0) is 4.79 Å². The third-order valence-electron chi connectivity index (χ3n) is 4.18. The van der Waals surface area contributed by atoms with Gasteiger partial charge in [-0.25, -0.2) is 0 Å². The van der Waals surface area contributed by atoms with Crippen molar-refractivity contribution in [3.63, 3.8) is 0 Å². The molecule has 0 bridgehead atoms. The van der Waals surface area contributed by atoms with Crippen LogP contribution in [0.2, 0.25) is 0 Å². The molecular weight excluding hydrogens is 417 g/mol. The van der Waals surface area contributed by atoms with Crippen molar-refractivity contribution in [2.24, 2.45) is 0 Å². The van der Waals surface area contributed by atoms with Gasteiger partial charge in [-0.15, -0.1) is 0 Å². The monoisotopic (exact) mass is 435 g/mol. The molecule has 1 atom stereocenters. The average Bonchev–Trinajstić information content (AvgIpc) is 2.85. The lowest BCUT2D eigenvalue weighted by Crippen LogP contribution is -2.20. The molecule has 2 aromatic carbocycles. The van der Waals surface area contributed by atoms with E-state index in [1.807, 2.05) is 44.2 Å². The van der Waals surface area contributed by atoms with E-state index in [4.69, 9.17) is 4.74 Å². The summed E-state index contributed by atoms with van der Waals surface area (Å²) in [6.45, 7) is 3.92. The molecule has 0 saturated carbocycles. The third-order valence-corrected chi connectivity index (χ3v) is 4.89. The number of rotatable bonds is 4. The summed E-state index contributed by atoms with van der Waals surface area (Å²) >= 11 is 2.21. The molecule has 1 unspecified atom stereocenters. The molecule has 5 heteroatoms. The number of Topliss-reactive ketones (excluding diaryl/α,β-unsaturated/α-hetero) is 1. The van der Waals surface area contributed by atoms with Gasteiger partial charge in [0.15, 0.2) is 12.4 Å². The van der Waals surface area contributed by atoms with E-state index in [1.165, 1.54) is 0 Å². The Kier molecular flexibility index (Phi) is 4.89. The van der Waals surface area contributed by atoms with Gasteiger partial charge in [0.25, 0.3) is 5.91 Å². The molecular formula is C19H18INO3. The lowest BCUT2D eigenvalue weighted by molar-refractivity contribution is -0.118. The number of carbonyl (C=O) groups excluding carboxylic acids is 2. The number of hydrogen-bond donors (Lipinski definition) is 1. The number of amides is 1. The Morgan fingerprint density at radius 2 is 1.96 bits per heavy atom. The first-order valence-corrected chi connectivity index (χ1v) is 8.88. The summed E-state index contributed by atoms with van der Waals surface area (Å²) in [6.07, 6.45) is 0.505. The quantitative estimate of drug-likeness (QED) is 0.729. The fourth-order valence-electron chi connectivity index (χ4n) is 3.10. The minimum Gasteiger partial charge on any atom is -0.483 e. The van der Waals surface area contributed by atoms with Gasteiger partial charge in [-0.1, -0.05) is 13.0 Å². The lowest BCUT2D eigenvalue weighted by Gasteiger charge is -2.13. The molecule has 0 aromatic heterocycles. The number of aryl methyl sites for hydroxylation is 1. The molecule has 24 heavy (non-hydrogen) atoms. The first kappa shape index (κ1) is 17.0. The number of ether oxygens (including phenoxy) is 1. The standard InChI is InChI=1S/C19H18INO3/c1-11-3-8-16(19-15(22)9-12(2)18(11)19)24-10-17(23)21-14-6-4-13(20)5-7-14/h3-8,12H,9-10H2,1-2H3,(H,21,23). The summed E-state index contributed by atoms with van der Waals surface area (Å²) in [4.78, 5) is 24.3. The molecule has 1 N–H and O–H groups in total. The maximum atomic E-state index is 12.2. The number of anilines is 1. The van der Waals surface area contributed by atoms with Crippen LogP contribution in [0.25, 0.3) is 0 Å². The van der Waals surface area contributed by atoms with Gasteiger partial charge in [-0.3, -0.25) is 9.59 Å². The van der Waals surface area contributed by atoms with Crippen LogP contribution in [0.5, 0.6) is 5.75 Å². The average molecular weight is 435 g/mol. The number of halogens is 1. The summed E-state index contributed by atoms with van der Waals surface area (Å²) in [5, 5.41) is 2.79. The maximum absolute atomic E-state index is 12.2. The maximum Gasteiger partial charge on any atom is 0.262 e. The van der Waals surface area contributed by atoms with Crippen LogP contribution in [0, 0.1) is 10.5 Å². The van der Waals surface area contributed by atoms with E-state index in [2.05, 4.69) is 27.9 Å². The largest absolute Gasteiger partial charge is 0.483 e. The van der Waals surface area contributed by atoms with Gasteiger partial charge in [0.1, 0.15) is 5.75 Å². The van der Waals surface area contributed by atoms with Gasteiger partial charge >= 0.3 is 0 Å². The van der Waals surface area contributed by atoms with Crippen molar-refractivity contribution in [2.75, 3.05) is 11.9 Å². The summed E-state index contributed by atoms with van der Waals surface area (Å²) in [5.41, 5.74) is 3.52. The molecule has 1 aliphatic carbocycles. The molecule has 0 heterocycles. The van der Waals surface area contributed by atoms with Crippen molar-refractivity contribution in [2.45, 2.75) is 26.2 Å². The van der Waals surface area contributed by atoms with E-state index in [1.54, 1.807) is 6.07 Å². The Morgan fingerprint density at radius 3 is 2.67 bits per heavy atom. The number of fused-ring (bicyclic) bond motifs is 1. The predicted molar refractivity (Wildman–Crippen MR) is 102 cm³/mol. The lowest BCUT2D eigenvalue weighted by atomic mass is 9.97. The zero-order chi connectivity index (χ0) is 17.3. The van der Waals surface area contributed by atoms with Crippen molar-refractivity contribution >= 4 is 40.0 Å². The highest BCUT2D eigenvalue weighted by Gasteiger charge is 2.31. The van der Waals surface area contributed by atoms with Crippen LogP contribution in [0.3, 0.4) is 0 Å². The van der Waals surface area contributed by atoms with E-state index in [0.717, 1.165) is 20.4 Å². The highest BCUT2D eigenvalue weighted by molar-refractivity contribution is 14.1. The normalized spacial score (nSPS) is 16.0. The highest BCUT2D eigenvalue weighted by Crippen LogP contribution is 2.40. The van der Waals surface area contributed by atoms with Crippen molar-refractivity contribution in [3.05, 3.63) is 56.7 Å². The molecule has 124 valence electrons. The van der Waals surface area contributed by atoms with Crippen molar-refractivity contribution < 1.29 is 14.3 Å². The van der Waals surface area contributed by atoms with Crippen LogP contribution in [0.15, 0.2) is 36.4 Å². The second kappa shape index (κ2) is 6.93. The zero-order valence-corrected chi connectivity index (χ0v) is 15.7. The molecule has 0 radical (unpaired) electrons. The minimum absolute atomic E-state index is 0.0919. The summed E-state index contributed by atoms with van der Waals surface area (Å²) in [7, 11) is 0. The Balaban J connectivity index is 1.70. The van der Waals surface area contributed by atoms with E-state index in [0.29, 0.717) is 17.7 Å². The first-order chi connectivity index (χ1) is 11.5. The Hall–Kier alpha value is -1.89. The fourth-order valence-corrected chi connectivity index (χ4v) is 3.46. The molecule has 0 fully saturated rings. The fraction of sp³-hybridized carbons (Fsp3) is 0.263. The van der Waals surface area contributed by atoms with Crippen LogP contribution in [-0.4, -0.2) is 18.3 Å². The van der Waals surface area contributed by atoms with Crippen molar-refractivity contribution in [1.82, 2.24) is 0 Å². The van der Waals surface area contributed by atoms with Gasteiger partial charge in [0, 0.05) is 15.7 Å². The summed E-state index contributed by atoms with van der Waals surface area (Å²) in [5.74, 6) is 0.553. The zero-order valence-electron chi connectivity index (χ0n) is 13.6. The molecule has 1 aliphatic rings. The summed E-state index contributed by atoms with van der Waals surface area (Å²) < 4.78 is 6.75. The van der Waals surface area contributed by atoms with Crippen molar-refractivity contribution in [1.29, 1.82) is 0 Å². The number of carbonyl (C=O) groups is 2. The third kappa shape index (κ3) is 3.45. The van der Waals surface area contributed by atoms with Gasteiger partial charge in [0.05, 0.1) is 5.56 Å². The van der Waals surface area contributed by atoms with E-state index in [9.17, 15) is 9.59 Å². The Labute approximate surface area is 154 Å². The smallest absolute Gasteiger partial charge is 0.262 e. The van der Waals surface area contributed by atoms with Crippen LogP contribution in [0.4, 0.5) is 5.69 Å². The topological polar surface area (TPSA) is 55.4 Å². The molecule has 4 nitrogen and oxygen atoms in total. The predicted octanol–water partition coefficient (Wildman–Crippen LogP) is 4.31. The van der Waals surface area contributed by atoms with Crippen LogP contribution < -0.4 is 10.1 Å². The Morgan fingerprint density at radius 1 is 1.25 bits per heavy atom. The second-order valence-corrected chi connectivity index (χ2v) is 7.29. The van der Waals surface area contributed by atoms with E-state index >= 15 is 0 Å². The molecule has 0 spiro atoms. The summed E-state index contributed by atoms with van der Waals surface area (Å²) in [6, 6.07) is 11.2. The molecule has 0 aliphatic heterocycles. The second-order valence-electron chi connectivity index (χ2n) is 6.04. The molecule has 0 saturated heterocycles. The van der Waals surface area contributed by atoms with Gasteiger partial charge < -0.3 is 10.1 Å². The van der Waals surface area contributed by atoms with Crippen molar-refractivity contribution in [3.8, 4) is 5.75 Å². The number of benzene rings is 2. The van der Waals surface area contributed by atoms with Crippen LogP contribution >= 0.6 is 22.6 Å². The Bertz CT molecular complexity index is 799. The van der Waals surface area contributed by atoms with Gasteiger partial charge in [0.2, 0.25) is 0 Å². The molecule has 1 amide bonds. The number of nitrogens with one attached hydrogen (secondary N) is 1. The highest BCUT2D eigenvalue weighted by atomic mass is 127. The molecule has 2 aromatic rings. The number of hydrogen-bond acceptors (Lipinski definition) is 3. The van der Waals surface area contributed by atoms with Crippen LogP contribution in [0.1, 0.15) is 40.7 Å². The van der Waals surface area contributed by atoms with E-state index in [-0.39, 0.29) is 24.2 Å². The molecule has 3 rings (SSSR count). The van der Waals surface area contributed by atoms with E-state index < -0.39 is 0 Å².